The third kappa shape index (κ3) is 4.44. The average molecular weight is 789 g/mol. The molecule has 0 bridgehead atoms. The van der Waals surface area contributed by atoms with Crippen molar-refractivity contribution in [1.29, 1.82) is 0 Å². The number of aryl methyl sites for hydroxylation is 3. The summed E-state index contributed by atoms with van der Waals surface area (Å²) in [6, 6.07) is 42.1. The van der Waals surface area contributed by atoms with Gasteiger partial charge in [-0.2, -0.15) is 0 Å². The molecule has 0 N–H and O–H groups in total. The maximum absolute atomic E-state index is 7.54. The molecule has 1 radical (unpaired) electrons. The molecular formula is C43H29IrN3-2. The summed E-state index contributed by atoms with van der Waals surface area (Å²) < 4.78 is 69.3. The Hall–Kier alpha value is -5.15. The van der Waals surface area contributed by atoms with Crippen LogP contribution in [0.15, 0.2) is 122 Å². The molecule has 4 heterocycles. The summed E-state index contributed by atoms with van der Waals surface area (Å²) in [5.74, 6) is 0. The van der Waals surface area contributed by atoms with Crippen molar-refractivity contribution in [2.75, 3.05) is 0 Å². The Balaban J connectivity index is 0.000000161. The van der Waals surface area contributed by atoms with Gasteiger partial charge in [0.15, 0.2) is 0 Å². The first kappa shape index (κ1) is 20.9. The Bertz CT molecular complexity index is 3080. The van der Waals surface area contributed by atoms with Crippen molar-refractivity contribution in [2.45, 2.75) is 20.6 Å². The number of nitrogens with zero attached hydrogens (tertiary/aromatic N) is 3. The summed E-state index contributed by atoms with van der Waals surface area (Å²) in [5, 5.41) is 11.2. The Morgan fingerprint density at radius 3 is 2.23 bits per heavy atom. The van der Waals surface area contributed by atoms with E-state index in [2.05, 4.69) is 100 Å². The molecule has 4 aromatic heterocycles. The standard InChI is InChI=1S/C29H15N2.C14H14N.Ir/c1-2-9-19-17(7-1)20-12-6-16-30-28(20)22-14-15-25-27(26(19)22)23-11-5-10-21-18-8-3-4-13-24(18)31(25)29(21)23;1-10-4-6-13(7-5-10)14-8-11(2)12(3)9-15-14;/h1-13,15-16H;4-6,8-9H,1-3H3;/q2*-1;/i;1D3,2D3,3D3;. The van der Waals surface area contributed by atoms with Gasteiger partial charge in [0.05, 0.1) is 5.52 Å². The van der Waals surface area contributed by atoms with E-state index in [9.17, 15) is 0 Å². The Labute approximate surface area is 298 Å². The number of benzene rings is 6. The van der Waals surface area contributed by atoms with Gasteiger partial charge in [-0.1, -0.05) is 101 Å². The third-order valence-electron chi connectivity index (χ3n) is 8.84. The molecule has 3 nitrogen and oxygen atoms in total. The van der Waals surface area contributed by atoms with Crippen LogP contribution in [0.25, 0.3) is 81.8 Å². The minimum Gasteiger partial charge on any atom is -0.350 e. The molecule has 0 aliphatic rings. The minimum absolute atomic E-state index is 0. The molecule has 0 amide bonds. The fraction of sp³-hybridized carbons (Fsp3) is 0.0698. The molecule has 0 fully saturated rings. The van der Waals surface area contributed by atoms with Gasteiger partial charge in [-0.05, 0) is 64.3 Å². The van der Waals surface area contributed by atoms with E-state index in [1.807, 2.05) is 12.3 Å². The Morgan fingerprint density at radius 2 is 1.40 bits per heavy atom. The smallest absolute Gasteiger partial charge is 0.0516 e. The van der Waals surface area contributed by atoms with E-state index in [4.69, 9.17) is 17.3 Å². The van der Waals surface area contributed by atoms with Crippen molar-refractivity contribution in [3.63, 3.8) is 0 Å². The maximum atomic E-state index is 7.54. The van der Waals surface area contributed by atoms with Crippen molar-refractivity contribution >= 4 is 70.5 Å². The van der Waals surface area contributed by atoms with E-state index in [1.54, 1.807) is 0 Å². The molecule has 10 aromatic rings. The second kappa shape index (κ2) is 11.3. The van der Waals surface area contributed by atoms with Gasteiger partial charge < -0.3 is 14.4 Å². The number of pyridine rings is 2. The molecule has 47 heavy (non-hydrogen) atoms. The van der Waals surface area contributed by atoms with E-state index in [1.165, 1.54) is 83.9 Å². The second-order valence-corrected chi connectivity index (χ2v) is 11.4. The van der Waals surface area contributed by atoms with E-state index >= 15 is 0 Å². The summed E-state index contributed by atoms with van der Waals surface area (Å²) in [6.45, 7) is -7.47. The zero-order chi connectivity index (χ0) is 38.4. The monoisotopic (exact) mass is 789 g/mol. The predicted octanol–water partition coefficient (Wildman–Crippen LogP) is 11.0. The SMILES string of the molecule is [2H]C([2H])([2H])c1c[c-]c(-c2cc(C([2H])([2H])[2H])c(C([2H])([2H])[2H])cn2)cc1.[Ir].[c-]1cc2c(c3cccc4c5ccccc5n2c43)c2c1c1ncccc1c1ccccc12. The van der Waals surface area contributed by atoms with Crippen LogP contribution in [0.2, 0.25) is 0 Å². The Kier molecular flexibility index (Phi) is 5.01. The summed E-state index contributed by atoms with van der Waals surface area (Å²) in [7, 11) is 0. The molecule has 4 heteroatoms. The van der Waals surface area contributed by atoms with Crippen LogP contribution in [0, 0.1) is 32.7 Å². The van der Waals surface area contributed by atoms with Gasteiger partial charge in [-0.3, -0.25) is 0 Å². The fourth-order valence-electron chi connectivity index (χ4n) is 6.86. The van der Waals surface area contributed by atoms with Crippen molar-refractivity contribution in [2.24, 2.45) is 0 Å². The number of aromatic nitrogens is 3. The zero-order valence-electron chi connectivity index (χ0n) is 33.7. The first-order valence-electron chi connectivity index (χ1n) is 19.4. The van der Waals surface area contributed by atoms with Gasteiger partial charge >= 0.3 is 0 Å². The number of hydrogen-bond acceptors (Lipinski definition) is 2. The van der Waals surface area contributed by atoms with Crippen molar-refractivity contribution in [1.82, 2.24) is 14.4 Å². The number of para-hydroxylation sites is 2. The van der Waals surface area contributed by atoms with Crippen LogP contribution in [0.4, 0.5) is 0 Å². The topological polar surface area (TPSA) is 30.2 Å². The molecule has 0 saturated carbocycles. The van der Waals surface area contributed by atoms with Crippen molar-refractivity contribution in [3.8, 4) is 11.3 Å². The van der Waals surface area contributed by atoms with Gasteiger partial charge in [0.1, 0.15) is 0 Å². The van der Waals surface area contributed by atoms with Crippen molar-refractivity contribution < 1.29 is 32.4 Å². The molecule has 0 atom stereocenters. The number of hydrogen-bond donors (Lipinski definition) is 0. The molecule has 227 valence electrons. The summed E-state index contributed by atoms with van der Waals surface area (Å²) in [4.78, 5) is 8.78. The van der Waals surface area contributed by atoms with Gasteiger partial charge in [-0.25, -0.2) is 0 Å². The normalized spacial score (nSPS) is 15.2. The second-order valence-electron chi connectivity index (χ2n) is 11.4. The molecule has 10 rings (SSSR count). The molecule has 0 aliphatic carbocycles. The van der Waals surface area contributed by atoms with E-state index in [-0.39, 0.29) is 42.5 Å². The summed E-state index contributed by atoms with van der Waals surface area (Å²) in [5.41, 5.74) is 4.83. The molecule has 0 spiro atoms. The fourth-order valence-corrected chi connectivity index (χ4v) is 6.86. The van der Waals surface area contributed by atoms with Crippen LogP contribution in [0.3, 0.4) is 0 Å². The van der Waals surface area contributed by atoms with Crippen LogP contribution in [0.5, 0.6) is 0 Å². The maximum Gasteiger partial charge on any atom is 0.0516 e. The van der Waals surface area contributed by atoms with Crippen LogP contribution >= 0.6 is 0 Å². The minimum atomic E-state index is -2.61. The van der Waals surface area contributed by atoms with Gasteiger partial charge in [-0.15, -0.1) is 52.9 Å². The van der Waals surface area contributed by atoms with Crippen LogP contribution in [-0.4, -0.2) is 14.4 Å². The zero-order valence-corrected chi connectivity index (χ0v) is 27.1. The van der Waals surface area contributed by atoms with Crippen LogP contribution < -0.4 is 0 Å². The summed E-state index contributed by atoms with van der Waals surface area (Å²) in [6.07, 6.45) is 2.91. The van der Waals surface area contributed by atoms with Crippen molar-refractivity contribution in [3.05, 3.63) is 150 Å². The van der Waals surface area contributed by atoms with Crippen LogP contribution in [0.1, 0.15) is 29.0 Å². The molecule has 0 unspecified atom stereocenters. The van der Waals surface area contributed by atoms with Crippen LogP contribution in [-0.2, 0) is 20.1 Å². The number of rotatable bonds is 1. The quantitative estimate of drug-likeness (QED) is 0.123. The molecule has 6 aromatic carbocycles. The third-order valence-corrected chi connectivity index (χ3v) is 8.84. The average Bonchev–Trinajstić information content (AvgIpc) is 3.70. The largest absolute Gasteiger partial charge is 0.350 e. The Morgan fingerprint density at radius 1 is 0.617 bits per heavy atom. The molecular weight excluding hydrogens is 751 g/mol. The first-order valence-corrected chi connectivity index (χ1v) is 14.9. The van der Waals surface area contributed by atoms with Gasteiger partial charge in [0.2, 0.25) is 0 Å². The van der Waals surface area contributed by atoms with E-state index in [0.717, 1.165) is 17.1 Å². The number of fused-ring (bicyclic) bond motifs is 13. The molecule has 0 aliphatic heterocycles. The van der Waals surface area contributed by atoms with E-state index in [0.29, 0.717) is 5.56 Å². The van der Waals surface area contributed by atoms with E-state index < -0.39 is 20.6 Å². The van der Waals surface area contributed by atoms with Gasteiger partial charge in [0, 0.05) is 61.1 Å². The predicted molar refractivity (Wildman–Crippen MR) is 193 cm³/mol. The molecule has 0 saturated heterocycles. The first-order chi connectivity index (χ1) is 26.2. The summed E-state index contributed by atoms with van der Waals surface area (Å²) >= 11 is 0. The van der Waals surface area contributed by atoms with Gasteiger partial charge in [0.25, 0.3) is 0 Å².